The van der Waals surface area contributed by atoms with Crippen molar-refractivity contribution in [1.29, 1.82) is 0 Å². The lowest BCUT2D eigenvalue weighted by Crippen LogP contribution is -2.10. The Morgan fingerprint density at radius 1 is 0.852 bits per heavy atom. The molecule has 0 atom stereocenters. The Morgan fingerprint density at radius 2 is 1.48 bits per heavy atom. The van der Waals surface area contributed by atoms with Crippen molar-refractivity contribution in [1.82, 2.24) is 0 Å². The average Bonchev–Trinajstić information content (AvgIpc) is 2.67. The second-order valence-corrected chi connectivity index (χ2v) is 8.37. The number of carbonyl (C=O) groups is 1. The maximum atomic E-state index is 12.3. The molecule has 0 aliphatic heterocycles. The minimum atomic E-state index is -3.93. The SMILES string of the molecule is O=C(OCc1ccccc1)c1ccc(OS(=O)(=O)c2ccc(I)cc2)cc1. The van der Waals surface area contributed by atoms with E-state index >= 15 is 0 Å². The normalized spacial score (nSPS) is 11.0. The van der Waals surface area contributed by atoms with Crippen molar-refractivity contribution in [3.63, 3.8) is 0 Å². The largest absolute Gasteiger partial charge is 0.457 e. The number of ether oxygens (including phenoxy) is 1. The van der Waals surface area contributed by atoms with E-state index in [0.29, 0.717) is 5.56 Å². The summed E-state index contributed by atoms with van der Waals surface area (Å²) in [4.78, 5) is 12.2. The summed E-state index contributed by atoms with van der Waals surface area (Å²) >= 11 is 2.09. The maximum absolute atomic E-state index is 12.3. The van der Waals surface area contributed by atoms with Crippen molar-refractivity contribution in [3.05, 3.63) is 93.6 Å². The first-order valence-electron chi connectivity index (χ1n) is 7.95. The van der Waals surface area contributed by atoms with E-state index in [4.69, 9.17) is 8.92 Å². The van der Waals surface area contributed by atoms with E-state index in [1.807, 2.05) is 30.3 Å². The van der Waals surface area contributed by atoms with Crippen molar-refractivity contribution >= 4 is 38.7 Å². The first-order chi connectivity index (χ1) is 12.9. The zero-order valence-corrected chi connectivity index (χ0v) is 17.0. The Kier molecular flexibility index (Phi) is 6.12. The lowest BCUT2D eigenvalue weighted by molar-refractivity contribution is 0.0472. The number of rotatable bonds is 6. The van der Waals surface area contributed by atoms with Crippen LogP contribution in [-0.4, -0.2) is 14.4 Å². The summed E-state index contributed by atoms with van der Waals surface area (Å²) in [6.07, 6.45) is 0. The summed E-state index contributed by atoms with van der Waals surface area (Å²) in [6.45, 7) is 0.166. The summed E-state index contributed by atoms with van der Waals surface area (Å²) in [5.74, 6) is -0.376. The van der Waals surface area contributed by atoms with Gasteiger partial charge in [0.15, 0.2) is 0 Å². The monoisotopic (exact) mass is 494 g/mol. The van der Waals surface area contributed by atoms with Crippen LogP contribution in [0.15, 0.2) is 83.8 Å². The molecule has 0 unspecified atom stereocenters. The molecule has 0 saturated heterocycles. The summed E-state index contributed by atoms with van der Waals surface area (Å²) < 4.78 is 35.8. The Morgan fingerprint density at radius 3 is 2.11 bits per heavy atom. The maximum Gasteiger partial charge on any atom is 0.339 e. The number of esters is 1. The number of benzene rings is 3. The van der Waals surface area contributed by atoms with Crippen molar-refractivity contribution < 1.29 is 22.1 Å². The van der Waals surface area contributed by atoms with Gasteiger partial charge in [0, 0.05) is 3.57 Å². The Labute approximate surface area is 171 Å². The number of carbonyl (C=O) groups excluding carboxylic acids is 1. The molecule has 0 aliphatic carbocycles. The highest BCUT2D eigenvalue weighted by molar-refractivity contribution is 14.1. The van der Waals surface area contributed by atoms with Crippen LogP contribution in [0, 0.1) is 3.57 Å². The van der Waals surface area contributed by atoms with Crippen LogP contribution < -0.4 is 4.18 Å². The summed E-state index contributed by atoms with van der Waals surface area (Å²) in [5.41, 5.74) is 1.19. The van der Waals surface area contributed by atoms with Gasteiger partial charge in [-0.2, -0.15) is 8.42 Å². The zero-order chi connectivity index (χ0) is 19.3. The van der Waals surface area contributed by atoms with E-state index < -0.39 is 16.1 Å². The molecule has 7 heteroatoms. The molecule has 5 nitrogen and oxygen atoms in total. The number of hydrogen-bond acceptors (Lipinski definition) is 5. The van der Waals surface area contributed by atoms with Crippen LogP contribution in [0.3, 0.4) is 0 Å². The number of hydrogen-bond donors (Lipinski definition) is 0. The van der Waals surface area contributed by atoms with Crippen LogP contribution >= 0.6 is 22.6 Å². The van der Waals surface area contributed by atoms with Gasteiger partial charge in [-0.3, -0.25) is 0 Å². The van der Waals surface area contributed by atoms with Gasteiger partial charge in [-0.25, -0.2) is 4.79 Å². The Balaban J connectivity index is 1.64. The molecule has 27 heavy (non-hydrogen) atoms. The fraction of sp³-hybridized carbons (Fsp3) is 0.0500. The lowest BCUT2D eigenvalue weighted by atomic mass is 10.2. The molecule has 0 aromatic heterocycles. The van der Waals surface area contributed by atoms with Crippen LogP contribution in [0.1, 0.15) is 15.9 Å². The van der Waals surface area contributed by atoms with Crippen LogP contribution in [0.2, 0.25) is 0 Å². The quantitative estimate of drug-likeness (QED) is 0.289. The molecule has 3 aromatic carbocycles. The van der Waals surface area contributed by atoms with E-state index in [0.717, 1.165) is 9.13 Å². The average molecular weight is 494 g/mol. The third-order valence-corrected chi connectivity index (χ3v) is 5.59. The molecule has 0 spiro atoms. The Bertz CT molecular complexity index is 1010. The molecule has 3 aromatic rings. The zero-order valence-electron chi connectivity index (χ0n) is 14.0. The van der Waals surface area contributed by atoms with Gasteiger partial charge in [-0.15, -0.1) is 0 Å². The van der Waals surface area contributed by atoms with E-state index in [-0.39, 0.29) is 17.3 Å². The van der Waals surface area contributed by atoms with Gasteiger partial charge in [0.25, 0.3) is 0 Å². The smallest absolute Gasteiger partial charge is 0.339 e. The highest BCUT2D eigenvalue weighted by Crippen LogP contribution is 2.20. The molecule has 0 bridgehead atoms. The second-order valence-electron chi connectivity index (χ2n) is 5.58. The van der Waals surface area contributed by atoms with Gasteiger partial charge in [-0.1, -0.05) is 30.3 Å². The van der Waals surface area contributed by atoms with E-state index in [1.54, 1.807) is 12.1 Å². The minimum Gasteiger partial charge on any atom is -0.457 e. The van der Waals surface area contributed by atoms with Gasteiger partial charge in [0.05, 0.1) is 5.56 Å². The molecule has 0 amide bonds. The minimum absolute atomic E-state index is 0.0641. The molecule has 138 valence electrons. The highest BCUT2D eigenvalue weighted by Gasteiger charge is 2.17. The van der Waals surface area contributed by atoms with Gasteiger partial charge in [0.1, 0.15) is 17.3 Å². The van der Waals surface area contributed by atoms with Crippen LogP contribution in [0.4, 0.5) is 0 Å². The van der Waals surface area contributed by atoms with E-state index in [9.17, 15) is 13.2 Å². The fourth-order valence-corrected chi connectivity index (χ4v) is 3.52. The summed E-state index contributed by atoms with van der Waals surface area (Å²) in [5, 5.41) is 0. The molecular weight excluding hydrogens is 479 g/mol. The molecule has 0 saturated carbocycles. The van der Waals surface area contributed by atoms with Gasteiger partial charge < -0.3 is 8.92 Å². The third kappa shape index (κ3) is 5.30. The second kappa shape index (κ2) is 8.53. The first-order valence-corrected chi connectivity index (χ1v) is 10.4. The summed E-state index contributed by atoms with van der Waals surface area (Å²) in [7, 11) is -3.93. The molecule has 0 fully saturated rings. The van der Waals surface area contributed by atoms with Gasteiger partial charge in [-0.05, 0) is 76.7 Å². The molecule has 0 heterocycles. The molecule has 0 aliphatic rings. The topological polar surface area (TPSA) is 69.7 Å². The summed E-state index contributed by atoms with van der Waals surface area (Å²) in [6, 6.07) is 21.4. The molecule has 0 N–H and O–H groups in total. The van der Waals surface area contributed by atoms with Gasteiger partial charge in [0.2, 0.25) is 0 Å². The predicted octanol–water partition coefficient (Wildman–Crippen LogP) is 4.42. The van der Waals surface area contributed by atoms with Crippen LogP contribution in [-0.2, 0) is 21.5 Å². The highest BCUT2D eigenvalue weighted by atomic mass is 127. The van der Waals surface area contributed by atoms with Crippen LogP contribution in [0.25, 0.3) is 0 Å². The number of halogens is 1. The molecule has 3 rings (SSSR count). The Hall–Kier alpha value is -2.39. The van der Waals surface area contributed by atoms with Crippen molar-refractivity contribution in [2.75, 3.05) is 0 Å². The van der Waals surface area contributed by atoms with Crippen molar-refractivity contribution in [3.8, 4) is 5.75 Å². The third-order valence-electron chi connectivity index (χ3n) is 3.61. The van der Waals surface area contributed by atoms with E-state index in [2.05, 4.69) is 22.6 Å². The fourth-order valence-electron chi connectivity index (χ4n) is 2.23. The molecular formula is C20H15IO5S. The first kappa shape index (κ1) is 19.4. The van der Waals surface area contributed by atoms with Crippen molar-refractivity contribution in [2.45, 2.75) is 11.5 Å². The molecule has 0 radical (unpaired) electrons. The standard InChI is InChI=1S/C20H15IO5S/c21-17-8-12-19(13-9-17)27(23,24)26-18-10-6-16(7-11-18)20(22)25-14-15-4-2-1-3-5-15/h1-13H,14H2. The lowest BCUT2D eigenvalue weighted by Gasteiger charge is -2.08. The van der Waals surface area contributed by atoms with Crippen molar-refractivity contribution in [2.24, 2.45) is 0 Å². The van der Waals surface area contributed by atoms with Gasteiger partial charge >= 0.3 is 16.1 Å². The predicted molar refractivity (Wildman–Crippen MR) is 109 cm³/mol. The van der Waals surface area contributed by atoms with E-state index in [1.165, 1.54) is 36.4 Å². The van der Waals surface area contributed by atoms with Crippen LogP contribution in [0.5, 0.6) is 5.75 Å².